The summed E-state index contributed by atoms with van der Waals surface area (Å²) in [4.78, 5) is 10.1. The number of aryl methyl sites for hydroxylation is 1. The third-order valence-electron chi connectivity index (χ3n) is 7.58. The Morgan fingerprint density at radius 3 is 2.06 bits per heavy atom. The van der Waals surface area contributed by atoms with Crippen LogP contribution >= 0.6 is 0 Å². The molecule has 2 unspecified atom stereocenters. The summed E-state index contributed by atoms with van der Waals surface area (Å²) in [5.41, 5.74) is 7.30. The summed E-state index contributed by atoms with van der Waals surface area (Å²) in [6, 6.07) is 11.4. The molecule has 4 heteroatoms. The minimum absolute atomic E-state index is 0.0371. The van der Waals surface area contributed by atoms with Crippen molar-refractivity contribution in [1.82, 2.24) is 14.6 Å². The maximum absolute atomic E-state index is 5.06. The standard InChI is InChI=1S/C29H41N4/c1-11-22-20-14-13-19(17-21(20)23-15-16-32(10)33(23)29(22,9)12-2)26-30-24(27(3,4)5)18-25(31-26)28(6,7)8/h13-18,22H,11-12H2,1-10H3/q+1. The minimum atomic E-state index is -0.0371. The number of hydrogen-bond donors (Lipinski definition) is 0. The fraction of sp³-hybridized carbons (Fsp3) is 0.552. The van der Waals surface area contributed by atoms with E-state index in [1.807, 2.05) is 0 Å². The lowest BCUT2D eigenvalue weighted by Crippen LogP contribution is -2.53. The summed E-state index contributed by atoms with van der Waals surface area (Å²) in [7, 11) is 2.16. The highest BCUT2D eigenvalue weighted by molar-refractivity contribution is 5.73. The van der Waals surface area contributed by atoms with Gasteiger partial charge in [0.1, 0.15) is 11.2 Å². The smallest absolute Gasteiger partial charge is 0.196 e. The highest BCUT2D eigenvalue weighted by Crippen LogP contribution is 2.49. The molecule has 0 radical (unpaired) electrons. The van der Waals surface area contributed by atoms with E-state index in [1.54, 1.807) is 0 Å². The van der Waals surface area contributed by atoms with Crippen LogP contribution in [0.5, 0.6) is 0 Å². The molecule has 0 spiro atoms. The van der Waals surface area contributed by atoms with Gasteiger partial charge in [0, 0.05) is 33.9 Å². The zero-order chi connectivity index (χ0) is 24.3. The van der Waals surface area contributed by atoms with E-state index >= 15 is 0 Å². The van der Waals surface area contributed by atoms with Crippen LogP contribution in [0.1, 0.15) is 98.0 Å². The molecule has 176 valence electrons. The number of nitrogens with zero attached hydrogens (tertiary/aromatic N) is 4. The predicted molar refractivity (Wildman–Crippen MR) is 136 cm³/mol. The Morgan fingerprint density at radius 1 is 0.939 bits per heavy atom. The third-order valence-corrected chi connectivity index (χ3v) is 7.58. The SMILES string of the molecule is CCC1c2ccc(-c3nc(C(C)(C)C)cc(C(C)(C)C)n3)cc2-c2cc[n+](C)n2C1(C)CC. The maximum Gasteiger partial charge on any atom is 0.196 e. The van der Waals surface area contributed by atoms with E-state index in [9.17, 15) is 0 Å². The molecule has 1 aliphatic rings. The van der Waals surface area contributed by atoms with Gasteiger partial charge in [-0.2, -0.15) is 0 Å². The number of rotatable bonds is 3. The molecular weight excluding hydrogens is 404 g/mol. The van der Waals surface area contributed by atoms with Gasteiger partial charge in [0.15, 0.2) is 19.1 Å². The topological polar surface area (TPSA) is 34.6 Å². The van der Waals surface area contributed by atoms with Crippen LogP contribution in [0.4, 0.5) is 0 Å². The summed E-state index contributed by atoms with van der Waals surface area (Å²) < 4.78 is 4.76. The van der Waals surface area contributed by atoms with E-state index in [0.717, 1.165) is 35.6 Å². The Kier molecular flexibility index (Phi) is 5.58. The van der Waals surface area contributed by atoms with Gasteiger partial charge < -0.3 is 0 Å². The van der Waals surface area contributed by atoms with Gasteiger partial charge in [-0.05, 0) is 37.5 Å². The highest BCUT2D eigenvalue weighted by atomic mass is 15.4. The van der Waals surface area contributed by atoms with Crippen molar-refractivity contribution < 1.29 is 4.68 Å². The van der Waals surface area contributed by atoms with E-state index in [1.165, 1.54) is 16.8 Å². The van der Waals surface area contributed by atoms with E-state index in [2.05, 4.69) is 115 Å². The molecule has 0 bridgehead atoms. The molecule has 33 heavy (non-hydrogen) atoms. The molecule has 0 saturated heterocycles. The quantitative estimate of drug-likeness (QED) is 0.422. The van der Waals surface area contributed by atoms with Crippen molar-refractivity contribution in [1.29, 1.82) is 0 Å². The van der Waals surface area contributed by atoms with Gasteiger partial charge in [-0.15, -0.1) is 9.36 Å². The number of hydrogen-bond acceptors (Lipinski definition) is 2. The summed E-state index contributed by atoms with van der Waals surface area (Å²) in [6.45, 7) is 20.4. The first-order chi connectivity index (χ1) is 15.3. The van der Waals surface area contributed by atoms with Crippen molar-refractivity contribution in [2.45, 2.75) is 97.4 Å². The van der Waals surface area contributed by atoms with Crippen LogP contribution in [0.15, 0.2) is 36.5 Å². The van der Waals surface area contributed by atoms with Crippen molar-refractivity contribution in [2.24, 2.45) is 7.05 Å². The molecule has 0 amide bonds. The molecule has 1 aliphatic heterocycles. The summed E-state index contributed by atoms with van der Waals surface area (Å²) in [6.07, 6.45) is 4.39. The minimum Gasteiger partial charge on any atom is -0.233 e. The Bertz CT molecular complexity index is 1160. The second-order valence-electron chi connectivity index (χ2n) is 12.0. The van der Waals surface area contributed by atoms with Crippen molar-refractivity contribution in [3.8, 4) is 22.6 Å². The fourth-order valence-electron chi connectivity index (χ4n) is 5.43. The van der Waals surface area contributed by atoms with Gasteiger partial charge in [-0.3, -0.25) is 0 Å². The zero-order valence-electron chi connectivity index (χ0n) is 22.2. The number of benzene rings is 1. The van der Waals surface area contributed by atoms with E-state index in [0.29, 0.717) is 5.92 Å². The Morgan fingerprint density at radius 2 is 1.55 bits per heavy atom. The van der Waals surface area contributed by atoms with E-state index in [4.69, 9.17) is 9.97 Å². The Balaban J connectivity index is 1.95. The van der Waals surface area contributed by atoms with Crippen molar-refractivity contribution in [3.63, 3.8) is 0 Å². The van der Waals surface area contributed by atoms with E-state index < -0.39 is 0 Å². The van der Waals surface area contributed by atoms with Crippen LogP contribution in [-0.2, 0) is 23.4 Å². The van der Waals surface area contributed by atoms with Crippen LogP contribution < -0.4 is 4.68 Å². The Labute approximate surface area is 200 Å². The first-order valence-electron chi connectivity index (χ1n) is 12.4. The summed E-state index contributed by atoms with van der Waals surface area (Å²) >= 11 is 0. The van der Waals surface area contributed by atoms with Crippen LogP contribution in [-0.4, -0.2) is 14.6 Å². The number of aromatic nitrogens is 4. The van der Waals surface area contributed by atoms with Crippen LogP contribution in [0.3, 0.4) is 0 Å². The first kappa shape index (κ1) is 23.7. The molecule has 2 aromatic heterocycles. The Hall–Kier alpha value is -2.49. The molecule has 0 fully saturated rings. The molecule has 3 aromatic rings. The first-order valence-corrected chi connectivity index (χ1v) is 12.4. The normalized spacial score (nSPS) is 20.5. The monoisotopic (exact) mass is 445 g/mol. The lowest BCUT2D eigenvalue weighted by Gasteiger charge is -2.41. The molecule has 0 saturated carbocycles. The van der Waals surface area contributed by atoms with Gasteiger partial charge in [-0.1, -0.05) is 67.5 Å². The average Bonchev–Trinajstić information content (AvgIpc) is 3.15. The number of fused-ring (bicyclic) bond motifs is 3. The fourth-order valence-corrected chi connectivity index (χ4v) is 5.43. The summed E-state index contributed by atoms with van der Waals surface area (Å²) in [5.74, 6) is 1.29. The molecule has 4 nitrogen and oxygen atoms in total. The van der Waals surface area contributed by atoms with Crippen molar-refractivity contribution in [3.05, 3.63) is 53.5 Å². The lowest BCUT2D eigenvalue weighted by molar-refractivity contribution is -0.760. The van der Waals surface area contributed by atoms with Gasteiger partial charge in [0.2, 0.25) is 0 Å². The van der Waals surface area contributed by atoms with Gasteiger partial charge in [0.05, 0.1) is 11.4 Å². The van der Waals surface area contributed by atoms with E-state index in [-0.39, 0.29) is 16.4 Å². The maximum atomic E-state index is 5.06. The largest absolute Gasteiger partial charge is 0.233 e. The molecule has 1 aromatic carbocycles. The molecule has 2 atom stereocenters. The van der Waals surface area contributed by atoms with Gasteiger partial charge >= 0.3 is 0 Å². The average molecular weight is 446 g/mol. The second-order valence-corrected chi connectivity index (χ2v) is 12.0. The molecule has 0 aliphatic carbocycles. The van der Waals surface area contributed by atoms with Crippen molar-refractivity contribution in [2.75, 3.05) is 0 Å². The molecule has 3 heterocycles. The summed E-state index contributed by atoms with van der Waals surface area (Å²) in [5, 5.41) is 0. The van der Waals surface area contributed by atoms with Crippen LogP contribution in [0.25, 0.3) is 22.6 Å². The van der Waals surface area contributed by atoms with Gasteiger partial charge in [0.25, 0.3) is 0 Å². The molecule has 4 rings (SSSR count). The van der Waals surface area contributed by atoms with Crippen LogP contribution in [0, 0.1) is 0 Å². The predicted octanol–water partition coefficient (Wildman–Crippen LogP) is 6.66. The molecular formula is C29H41N4+. The van der Waals surface area contributed by atoms with Crippen LogP contribution in [0.2, 0.25) is 0 Å². The third kappa shape index (κ3) is 3.82. The molecule has 0 N–H and O–H groups in total. The van der Waals surface area contributed by atoms with Crippen molar-refractivity contribution >= 4 is 0 Å². The second kappa shape index (κ2) is 7.78. The lowest BCUT2D eigenvalue weighted by atomic mass is 9.72. The zero-order valence-corrected chi connectivity index (χ0v) is 22.2. The van der Waals surface area contributed by atoms with Gasteiger partial charge in [-0.25, -0.2) is 9.97 Å². The highest BCUT2D eigenvalue weighted by Gasteiger charge is 2.45.